The maximum atomic E-state index is 11.4. The van der Waals surface area contributed by atoms with Crippen molar-refractivity contribution >= 4 is 27.1 Å². The minimum Gasteiger partial charge on any atom is -0.378 e. The Morgan fingerprint density at radius 1 is 1.41 bits per heavy atom. The maximum Gasteiger partial charge on any atom is 0.293 e. The lowest BCUT2D eigenvalue weighted by Crippen LogP contribution is -2.40. The fourth-order valence-electron chi connectivity index (χ4n) is 1.59. The number of sulfone groups is 1. The Labute approximate surface area is 128 Å². The smallest absolute Gasteiger partial charge is 0.293 e. The highest BCUT2D eigenvalue weighted by atomic mass is 32.2. The van der Waals surface area contributed by atoms with Crippen molar-refractivity contribution in [3.05, 3.63) is 28.3 Å². The van der Waals surface area contributed by atoms with Gasteiger partial charge in [0.05, 0.1) is 15.9 Å². The van der Waals surface area contributed by atoms with Crippen molar-refractivity contribution in [2.24, 2.45) is 5.73 Å². The molecule has 1 amide bonds. The summed E-state index contributed by atoms with van der Waals surface area (Å²) in [4.78, 5) is 21.5. The number of nitrogens with zero attached hydrogens (tertiary/aromatic N) is 1. The van der Waals surface area contributed by atoms with Crippen LogP contribution in [0.2, 0.25) is 0 Å². The molecule has 0 radical (unpaired) electrons. The molecule has 0 saturated carbocycles. The zero-order chi connectivity index (χ0) is 16.9. The van der Waals surface area contributed by atoms with Gasteiger partial charge in [0.15, 0.2) is 9.84 Å². The lowest BCUT2D eigenvalue weighted by molar-refractivity contribution is -0.384. The summed E-state index contributed by atoms with van der Waals surface area (Å²) in [5.74, 6) is -0.330. The molecule has 9 nitrogen and oxygen atoms in total. The summed E-state index contributed by atoms with van der Waals surface area (Å²) >= 11 is 0. The van der Waals surface area contributed by atoms with Crippen LogP contribution < -0.4 is 16.4 Å². The maximum absolute atomic E-state index is 11.4. The zero-order valence-electron chi connectivity index (χ0n) is 12.2. The lowest BCUT2D eigenvalue weighted by Gasteiger charge is -2.10. The molecule has 0 aliphatic carbocycles. The highest BCUT2D eigenvalue weighted by molar-refractivity contribution is 7.90. The van der Waals surface area contributed by atoms with Crippen LogP contribution >= 0.6 is 0 Å². The van der Waals surface area contributed by atoms with Crippen LogP contribution in [-0.2, 0) is 14.6 Å². The van der Waals surface area contributed by atoms with Crippen molar-refractivity contribution in [2.45, 2.75) is 17.9 Å². The van der Waals surface area contributed by atoms with Gasteiger partial charge in [-0.3, -0.25) is 14.9 Å². The molecule has 1 aromatic rings. The summed E-state index contributed by atoms with van der Waals surface area (Å²) in [6, 6.07) is 2.97. The first kappa shape index (κ1) is 17.9. The molecule has 1 atom stereocenters. The van der Waals surface area contributed by atoms with Gasteiger partial charge in [-0.1, -0.05) is 0 Å². The summed E-state index contributed by atoms with van der Waals surface area (Å²) in [5.41, 5.74) is 5.20. The standard InChI is InChI=1S/C12H18N4O5S/c1-8(13)12(17)15-6-5-14-10-4-3-9(22(2,20)21)7-11(10)16(18)19/h3-4,7-8,14H,5-6,13H2,1-2H3,(H,15,17)/t8-/m0/s1. The Morgan fingerprint density at radius 3 is 2.55 bits per heavy atom. The first-order valence-electron chi connectivity index (χ1n) is 6.38. The molecule has 122 valence electrons. The van der Waals surface area contributed by atoms with E-state index in [0.29, 0.717) is 0 Å². The Morgan fingerprint density at radius 2 is 2.05 bits per heavy atom. The number of anilines is 1. The van der Waals surface area contributed by atoms with E-state index < -0.39 is 20.8 Å². The number of carbonyl (C=O) groups excluding carboxylic acids is 1. The molecule has 0 spiro atoms. The lowest BCUT2D eigenvalue weighted by atomic mass is 10.2. The minimum atomic E-state index is -3.52. The van der Waals surface area contributed by atoms with Gasteiger partial charge in [-0.2, -0.15) is 0 Å². The first-order chi connectivity index (χ1) is 10.1. The predicted octanol–water partition coefficient (Wildman–Crippen LogP) is -0.126. The Hall–Kier alpha value is -2.20. The minimum absolute atomic E-state index is 0.130. The van der Waals surface area contributed by atoms with Gasteiger partial charge in [-0.05, 0) is 19.1 Å². The molecule has 1 rings (SSSR count). The predicted molar refractivity (Wildman–Crippen MR) is 81.4 cm³/mol. The molecule has 0 fully saturated rings. The number of hydrogen-bond donors (Lipinski definition) is 3. The van der Waals surface area contributed by atoms with Gasteiger partial charge in [0, 0.05) is 25.4 Å². The molecule has 1 aromatic carbocycles. The van der Waals surface area contributed by atoms with Gasteiger partial charge in [0.2, 0.25) is 5.91 Å². The fraction of sp³-hybridized carbons (Fsp3) is 0.417. The van der Waals surface area contributed by atoms with Crippen molar-refractivity contribution in [3.63, 3.8) is 0 Å². The second kappa shape index (κ2) is 7.18. The van der Waals surface area contributed by atoms with Crippen molar-refractivity contribution in [2.75, 3.05) is 24.7 Å². The average molecular weight is 330 g/mol. The molecule has 0 aromatic heterocycles. The number of amides is 1. The van der Waals surface area contributed by atoms with Gasteiger partial charge in [0.25, 0.3) is 5.69 Å². The molecule has 0 aliphatic heterocycles. The van der Waals surface area contributed by atoms with Gasteiger partial charge >= 0.3 is 0 Å². The number of nitro benzene ring substituents is 1. The van der Waals surface area contributed by atoms with Crippen LogP contribution in [0.3, 0.4) is 0 Å². The van der Waals surface area contributed by atoms with Gasteiger partial charge in [-0.25, -0.2) is 8.42 Å². The van der Waals surface area contributed by atoms with Crippen LogP contribution in [-0.4, -0.2) is 44.6 Å². The number of carbonyl (C=O) groups is 1. The number of rotatable bonds is 7. The summed E-state index contributed by atoms with van der Waals surface area (Å²) in [6.45, 7) is 2.00. The molecule has 0 saturated heterocycles. The molecule has 0 bridgehead atoms. The van der Waals surface area contributed by atoms with Crippen molar-refractivity contribution in [1.82, 2.24) is 5.32 Å². The van der Waals surface area contributed by atoms with E-state index >= 15 is 0 Å². The third-order valence-electron chi connectivity index (χ3n) is 2.75. The van der Waals surface area contributed by atoms with E-state index in [-0.39, 0.29) is 35.3 Å². The quantitative estimate of drug-likeness (QED) is 0.359. The Kier molecular flexibility index (Phi) is 5.83. The van der Waals surface area contributed by atoms with E-state index in [1.165, 1.54) is 19.1 Å². The summed E-state index contributed by atoms with van der Waals surface area (Å²) < 4.78 is 22.8. The highest BCUT2D eigenvalue weighted by Gasteiger charge is 2.18. The molecule has 0 unspecified atom stereocenters. The zero-order valence-corrected chi connectivity index (χ0v) is 13.0. The van der Waals surface area contributed by atoms with Crippen LogP contribution in [0.1, 0.15) is 6.92 Å². The molecular formula is C12H18N4O5S. The van der Waals surface area contributed by atoms with Crippen molar-refractivity contribution in [1.29, 1.82) is 0 Å². The highest BCUT2D eigenvalue weighted by Crippen LogP contribution is 2.27. The molecule has 0 heterocycles. The largest absolute Gasteiger partial charge is 0.378 e. The summed E-state index contributed by atoms with van der Waals surface area (Å²) in [5, 5.41) is 16.3. The van der Waals surface area contributed by atoms with E-state index in [1.54, 1.807) is 0 Å². The monoisotopic (exact) mass is 330 g/mol. The number of benzene rings is 1. The van der Waals surface area contributed by atoms with Gasteiger partial charge < -0.3 is 16.4 Å². The molecule has 4 N–H and O–H groups in total. The fourth-order valence-corrected chi connectivity index (χ4v) is 2.23. The van der Waals surface area contributed by atoms with Gasteiger partial charge in [0.1, 0.15) is 5.69 Å². The van der Waals surface area contributed by atoms with E-state index in [1.807, 2.05) is 0 Å². The van der Waals surface area contributed by atoms with Crippen LogP contribution in [0.15, 0.2) is 23.1 Å². The van der Waals surface area contributed by atoms with Crippen LogP contribution in [0, 0.1) is 10.1 Å². The first-order valence-corrected chi connectivity index (χ1v) is 8.27. The number of nitrogens with two attached hydrogens (primary N) is 1. The van der Waals surface area contributed by atoms with Crippen LogP contribution in [0.5, 0.6) is 0 Å². The summed E-state index contributed by atoms with van der Waals surface area (Å²) in [7, 11) is -3.52. The molecule has 10 heteroatoms. The topological polar surface area (TPSA) is 144 Å². The van der Waals surface area contributed by atoms with E-state index in [2.05, 4.69) is 10.6 Å². The number of nitrogens with one attached hydrogen (secondary N) is 2. The third kappa shape index (κ3) is 4.97. The average Bonchev–Trinajstić information content (AvgIpc) is 2.41. The third-order valence-corrected chi connectivity index (χ3v) is 3.86. The number of hydrogen-bond acceptors (Lipinski definition) is 7. The van der Waals surface area contributed by atoms with Crippen LogP contribution in [0.25, 0.3) is 0 Å². The molecular weight excluding hydrogens is 312 g/mol. The van der Waals surface area contributed by atoms with Crippen LogP contribution in [0.4, 0.5) is 11.4 Å². The second-order valence-electron chi connectivity index (χ2n) is 4.71. The summed E-state index contributed by atoms with van der Waals surface area (Å²) in [6.07, 6.45) is 0.975. The SMILES string of the molecule is C[C@H](N)C(=O)NCCNc1ccc(S(C)(=O)=O)cc1[N+](=O)[O-]. The van der Waals surface area contributed by atoms with E-state index in [4.69, 9.17) is 5.73 Å². The van der Waals surface area contributed by atoms with E-state index in [9.17, 15) is 23.3 Å². The second-order valence-corrected chi connectivity index (χ2v) is 6.73. The molecule has 22 heavy (non-hydrogen) atoms. The Balaban J connectivity index is 2.79. The van der Waals surface area contributed by atoms with Gasteiger partial charge in [-0.15, -0.1) is 0 Å². The normalized spacial score (nSPS) is 12.5. The number of nitro groups is 1. The van der Waals surface area contributed by atoms with Crippen molar-refractivity contribution in [3.8, 4) is 0 Å². The van der Waals surface area contributed by atoms with E-state index in [0.717, 1.165) is 12.3 Å². The Bertz CT molecular complexity index is 672. The molecule has 0 aliphatic rings. The van der Waals surface area contributed by atoms with Crippen molar-refractivity contribution < 1.29 is 18.1 Å².